The van der Waals surface area contributed by atoms with Gasteiger partial charge in [-0.1, -0.05) is 0 Å². The molecule has 1 spiro atoms. The van der Waals surface area contributed by atoms with Crippen LogP contribution in [0.3, 0.4) is 0 Å². The first-order chi connectivity index (χ1) is 13.3. The molecule has 0 aromatic carbocycles. The molecule has 2 fully saturated rings. The molecule has 2 aromatic rings. The van der Waals surface area contributed by atoms with Gasteiger partial charge in [-0.15, -0.1) is 11.3 Å². The highest BCUT2D eigenvalue weighted by atomic mass is 32.1. The van der Waals surface area contributed by atoms with Crippen molar-refractivity contribution in [1.82, 2.24) is 24.3 Å². The molecule has 0 radical (unpaired) electrons. The summed E-state index contributed by atoms with van der Waals surface area (Å²) in [4.78, 5) is 38.5. The lowest BCUT2D eigenvalue weighted by atomic mass is 9.75. The predicted molar refractivity (Wildman–Crippen MR) is 107 cm³/mol. The van der Waals surface area contributed by atoms with Gasteiger partial charge in [0.2, 0.25) is 11.8 Å². The Hall–Kier alpha value is -2.22. The molecule has 28 heavy (non-hydrogen) atoms. The first kappa shape index (κ1) is 19.1. The average Bonchev–Trinajstić information content (AvgIpc) is 3.39. The van der Waals surface area contributed by atoms with Gasteiger partial charge in [-0.3, -0.25) is 9.59 Å². The number of amides is 2. The van der Waals surface area contributed by atoms with Gasteiger partial charge in [0, 0.05) is 50.1 Å². The zero-order valence-electron chi connectivity index (χ0n) is 16.9. The molecule has 0 unspecified atom stereocenters. The van der Waals surface area contributed by atoms with Crippen molar-refractivity contribution >= 4 is 23.2 Å². The molecule has 0 saturated carbocycles. The minimum Gasteiger partial charge on any atom is -0.341 e. The van der Waals surface area contributed by atoms with Crippen LogP contribution in [0.25, 0.3) is 0 Å². The summed E-state index contributed by atoms with van der Waals surface area (Å²) in [5.41, 5.74) is 1.28. The van der Waals surface area contributed by atoms with Crippen LogP contribution >= 0.6 is 11.3 Å². The molecule has 2 saturated heterocycles. The standard InChI is InChI=1S/C20H27N5O2S/c1-13(2)25-9-18(21-12-25)17-8-24(15(4)26)11-20(17)5-6-23(19(20)27)7-16-10-28-14(3)22-16/h9-10,12-13,17H,5-8,11H2,1-4H3/t17-,20+/m0/s1. The largest absolute Gasteiger partial charge is 0.341 e. The van der Waals surface area contributed by atoms with Crippen LogP contribution in [0.4, 0.5) is 0 Å². The van der Waals surface area contributed by atoms with Gasteiger partial charge in [-0.2, -0.15) is 0 Å². The predicted octanol–water partition coefficient (Wildman–Crippen LogP) is 2.59. The molecule has 0 bridgehead atoms. The minimum absolute atomic E-state index is 0.0199. The van der Waals surface area contributed by atoms with Gasteiger partial charge >= 0.3 is 0 Å². The van der Waals surface area contributed by atoms with Gasteiger partial charge in [0.25, 0.3) is 0 Å². The fraction of sp³-hybridized carbons (Fsp3) is 0.600. The smallest absolute Gasteiger partial charge is 0.231 e. The third-order valence-corrected chi connectivity index (χ3v) is 6.95. The van der Waals surface area contributed by atoms with E-state index >= 15 is 0 Å². The summed E-state index contributed by atoms with van der Waals surface area (Å²) in [5.74, 6) is 0.0867. The first-order valence-corrected chi connectivity index (χ1v) is 10.7. The van der Waals surface area contributed by atoms with Gasteiger partial charge in [0.15, 0.2) is 0 Å². The van der Waals surface area contributed by atoms with E-state index in [1.54, 1.807) is 18.3 Å². The zero-order chi connectivity index (χ0) is 20.1. The number of hydrogen-bond donors (Lipinski definition) is 0. The Morgan fingerprint density at radius 2 is 2.21 bits per heavy atom. The molecule has 2 aromatic heterocycles. The summed E-state index contributed by atoms with van der Waals surface area (Å²) in [5, 5.41) is 3.03. The van der Waals surface area contributed by atoms with E-state index in [1.165, 1.54) is 0 Å². The Labute approximate surface area is 169 Å². The second-order valence-corrected chi connectivity index (χ2v) is 9.34. The molecule has 2 atom stereocenters. The number of imidazole rings is 1. The number of aromatic nitrogens is 3. The number of hydrogen-bond acceptors (Lipinski definition) is 5. The minimum atomic E-state index is -0.576. The summed E-state index contributed by atoms with van der Waals surface area (Å²) < 4.78 is 2.06. The maximum absolute atomic E-state index is 13.6. The van der Waals surface area contributed by atoms with Crippen LogP contribution in [-0.4, -0.2) is 55.8 Å². The summed E-state index contributed by atoms with van der Waals surface area (Å²) in [6, 6.07) is 0.311. The van der Waals surface area contributed by atoms with Crippen molar-refractivity contribution in [3.05, 3.63) is 34.3 Å². The summed E-state index contributed by atoms with van der Waals surface area (Å²) >= 11 is 1.61. The molecule has 2 aliphatic rings. The maximum atomic E-state index is 13.6. The van der Waals surface area contributed by atoms with Crippen LogP contribution in [0.15, 0.2) is 17.9 Å². The SMILES string of the molecule is CC(=O)N1C[C@@H](c2cn(C(C)C)cn2)[C@@]2(CCN(Cc3csc(C)n3)C2=O)C1. The normalized spacial score (nSPS) is 24.9. The Morgan fingerprint density at radius 3 is 2.82 bits per heavy atom. The molecule has 150 valence electrons. The van der Waals surface area contributed by atoms with Crippen molar-refractivity contribution < 1.29 is 9.59 Å². The van der Waals surface area contributed by atoms with E-state index in [2.05, 4.69) is 28.4 Å². The molecular formula is C20H27N5O2S. The maximum Gasteiger partial charge on any atom is 0.231 e. The van der Waals surface area contributed by atoms with E-state index in [0.717, 1.165) is 22.8 Å². The number of carbonyl (C=O) groups is 2. The third-order valence-electron chi connectivity index (χ3n) is 6.12. The van der Waals surface area contributed by atoms with E-state index in [-0.39, 0.29) is 17.7 Å². The number of nitrogens with zero attached hydrogens (tertiary/aromatic N) is 5. The first-order valence-electron chi connectivity index (χ1n) is 9.79. The van der Waals surface area contributed by atoms with Crippen LogP contribution in [0, 0.1) is 12.3 Å². The van der Waals surface area contributed by atoms with Crippen molar-refractivity contribution in [1.29, 1.82) is 0 Å². The van der Waals surface area contributed by atoms with Crippen molar-refractivity contribution in [3.8, 4) is 0 Å². The Morgan fingerprint density at radius 1 is 1.43 bits per heavy atom. The molecule has 2 amide bonds. The van der Waals surface area contributed by atoms with Gasteiger partial charge in [-0.05, 0) is 27.2 Å². The number of thiazole rings is 1. The lowest BCUT2D eigenvalue weighted by Crippen LogP contribution is -2.40. The monoisotopic (exact) mass is 401 g/mol. The number of likely N-dealkylation sites (tertiary alicyclic amines) is 2. The number of carbonyl (C=O) groups excluding carboxylic acids is 2. The fourth-order valence-corrected chi connectivity index (χ4v) is 5.10. The molecule has 8 heteroatoms. The zero-order valence-corrected chi connectivity index (χ0v) is 17.7. The second kappa shape index (κ2) is 6.99. The van der Waals surface area contributed by atoms with E-state index in [9.17, 15) is 9.59 Å². The Bertz CT molecular complexity index is 904. The molecule has 2 aliphatic heterocycles. The van der Waals surface area contributed by atoms with Crippen LogP contribution in [-0.2, 0) is 16.1 Å². The molecule has 0 N–H and O–H groups in total. The summed E-state index contributed by atoms with van der Waals surface area (Å²) in [6.07, 6.45) is 4.62. The molecule has 0 aliphatic carbocycles. The van der Waals surface area contributed by atoms with Crippen molar-refractivity contribution in [2.45, 2.75) is 52.6 Å². The van der Waals surface area contributed by atoms with Crippen molar-refractivity contribution in [2.75, 3.05) is 19.6 Å². The van der Waals surface area contributed by atoms with Crippen molar-refractivity contribution in [2.24, 2.45) is 5.41 Å². The number of rotatable bonds is 4. The van der Waals surface area contributed by atoms with E-state index < -0.39 is 5.41 Å². The van der Waals surface area contributed by atoms with Crippen LogP contribution in [0.2, 0.25) is 0 Å². The Kier molecular flexibility index (Phi) is 4.77. The van der Waals surface area contributed by atoms with Gasteiger partial charge in [0.05, 0.1) is 34.7 Å². The highest BCUT2D eigenvalue weighted by Crippen LogP contribution is 2.49. The van der Waals surface area contributed by atoms with Crippen LogP contribution in [0.1, 0.15) is 55.5 Å². The van der Waals surface area contributed by atoms with E-state index in [4.69, 9.17) is 0 Å². The Balaban J connectivity index is 1.63. The fourth-order valence-electron chi connectivity index (χ4n) is 4.50. The highest BCUT2D eigenvalue weighted by molar-refractivity contribution is 7.09. The molecular weight excluding hydrogens is 374 g/mol. The topological polar surface area (TPSA) is 71.3 Å². The summed E-state index contributed by atoms with van der Waals surface area (Å²) in [6.45, 7) is 10.0. The quantitative estimate of drug-likeness (QED) is 0.790. The van der Waals surface area contributed by atoms with E-state index in [0.29, 0.717) is 32.2 Å². The van der Waals surface area contributed by atoms with Gasteiger partial charge in [-0.25, -0.2) is 9.97 Å². The number of aryl methyl sites for hydroxylation is 1. The van der Waals surface area contributed by atoms with E-state index in [1.807, 2.05) is 34.6 Å². The third kappa shape index (κ3) is 3.13. The van der Waals surface area contributed by atoms with Gasteiger partial charge in [0.1, 0.15) is 0 Å². The van der Waals surface area contributed by atoms with Gasteiger partial charge < -0.3 is 14.4 Å². The lowest BCUT2D eigenvalue weighted by Gasteiger charge is -2.27. The lowest BCUT2D eigenvalue weighted by molar-refractivity contribution is -0.137. The molecule has 4 heterocycles. The second-order valence-electron chi connectivity index (χ2n) is 8.28. The molecule has 7 nitrogen and oxygen atoms in total. The van der Waals surface area contributed by atoms with Crippen LogP contribution < -0.4 is 0 Å². The average molecular weight is 402 g/mol. The van der Waals surface area contributed by atoms with Crippen molar-refractivity contribution in [3.63, 3.8) is 0 Å². The summed E-state index contributed by atoms with van der Waals surface area (Å²) in [7, 11) is 0. The molecule has 4 rings (SSSR count). The highest BCUT2D eigenvalue weighted by Gasteiger charge is 2.58. The van der Waals surface area contributed by atoms with Crippen LogP contribution in [0.5, 0.6) is 0 Å².